The predicted octanol–water partition coefficient (Wildman–Crippen LogP) is 0.660. The molecule has 0 fully saturated rings. The van der Waals surface area contributed by atoms with E-state index in [0.717, 1.165) is 5.39 Å². The maximum atomic E-state index is 11.6. The van der Waals surface area contributed by atoms with E-state index in [1.165, 1.54) is 13.0 Å². The Morgan fingerprint density at radius 3 is 2.70 bits per heavy atom. The van der Waals surface area contributed by atoms with Crippen LogP contribution in [0.3, 0.4) is 0 Å². The predicted molar refractivity (Wildman–Crippen MR) is 73.5 cm³/mol. The molecule has 0 aliphatic carbocycles. The Morgan fingerprint density at radius 1 is 1.35 bits per heavy atom. The number of amides is 1. The number of aromatic amines is 1. The number of carboxylic acids is 1. The van der Waals surface area contributed by atoms with Gasteiger partial charge in [-0.1, -0.05) is 18.2 Å². The number of para-hydroxylation sites is 1. The standard InChI is InChI=1S/C14H14N2O4/c1-8(17)15-12(14(19)20)6-9-7-13(18)16-11-5-3-2-4-10(9)11/h2-5,7,12H,6H2,1H3,(H,15,17)(H,16,18)(H,19,20). The van der Waals surface area contributed by atoms with Crippen molar-refractivity contribution in [2.75, 3.05) is 0 Å². The van der Waals surface area contributed by atoms with E-state index in [1.807, 2.05) is 0 Å². The molecule has 104 valence electrons. The first-order valence-electron chi connectivity index (χ1n) is 6.08. The van der Waals surface area contributed by atoms with Crippen molar-refractivity contribution in [3.63, 3.8) is 0 Å². The minimum Gasteiger partial charge on any atom is -0.480 e. The highest BCUT2D eigenvalue weighted by Gasteiger charge is 2.20. The number of nitrogens with one attached hydrogen (secondary N) is 2. The molecule has 6 nitrogen and oxygen atoms in total. The first-order valence-corrected chi connectivity index (χ1v) is 6.08. The lowest BCUT2D eigenvalue weighted by atomic mass is 10.0. The van der Waals surface area contributed by atoms with E-state index in [1.54, 1.807) is 24.3 Å². The summed E-state index contributed by atoms with van der Waals surface area (Å²) in [5, 5.41) is 12.3. The number of H-pyrrole nitrogens is 1. The molecule has 1 unspecified atom stereocenters. The monoisotopic (exact) mass is 274 g/mol. The van der Waals surface area contributed by atoms with Crippen LogP contribution in [0.4, 0.5) is 0 Å². The zero-order chi connectivity index (χ0) is 14.7. The van der Waals surface area contributed by atoms with Gasteiger partial charge in [0.1, 0.15) is 6.04 Å². The summed E-state index contributed by atoms with van der Waals surface area (Å²) in [6.07, 6.45) is 0.0549. The Morgan fingerprint density at radius 2 is 2.05 bits per heavy atom. The number of fused-ring (bicyclic) bond motifs is 1. The molecule has 3 N–H and O–H groups in total. The Kier molecular flexibility index (Phi) is 3.84. The molecule has 0 bridgehead atoms. The summed E-state index contributed by atoms with van der Waals surface area (Å²) in [7, 11) is 0. The van der Waals surface area contributed by atoms with Crippen LogP contribution in [0.5, 0.6) is 0 Å². The number of hydrogen-bond acceptors (Lipinski definition) is 3. The van der Waals surface area contributed by atoms with Gasteiger partial charge < -0.3 is 15.4 Å². The van der Waals surface area contributed by atoms with Crippen molar-refractivity contribution >= 4 is 22.8 Å². The summed E-state index contributed by atoms with van der Waals surface area (Å²) in [4.78, 5) is 36.5. The summed E-state index contributed by atoms with van der Waals surface area (Å²) in [6.45, 7) is 1.26. The molecule has 1 heterocycles. The Labute approximate surface area is 114 Å². The lowest BCUT2D eigenvalue weighted by molar-refractivity contribution is -0.141. The Hall–Kier alpha value is -2.63. The highest BCUT2D eigenvalue weighted by Crippen LogP contribution is 2.16. The minimum absolute atomic E-state index is 0.0549. The van der Waals surface area contributed by atoms with E-state index in [2.05, 4.69) is 10.3 Å². The number of aliphatic carboxylic acids is 1. The average molecular weight is 274 g/mol. The van der Waals surface area contributed by atoms with Crippen molar-refractivity contribution in [3.8, 4) is 0 Å². The quantitative estimate of drug-likeness (QED) is 0.762. The SMILES string of the molecule is CC(=O)NC(Cc1cc(=O)[nH]c2ccccc12)C(=O)O. The van der Waals surface area contributed by atoms with Gasteiger partial charge in [-0.3, -0.25) is 9.59 Å². The summed E-state index contributed by atoms with van der Waals surface area (Å²) in [6, 6.07) is 7.43. The summed E-state index contributed by atoms with van der Waals surface area (Å²) >= 11 is 0. The Bertz CT molecular complexity index is 720. The molecule has 1 aromatic carbocycles. The molecule has 0 aliphatic heterocycles. The van der Waals surface area contributed by atoms with Crippen LogP contribution in [0.15, 0.2) is 35.1 Å². The molecule has 6 heteroatoms. The van der Waals surface area contributed by atoms with E-state index in [4.69, 9.17) is 5.11 Å². The minimum atomic E-state index is -1.13. The second-order valence-electron chi connectivity index (χ2n) is 4.50. The molecule has 0 saturated carbocycles. The molecular formula is C14H14N2O4. The maximum absolute atomic E-state index is 11.6. The molecule has 1 amide bonds. The van der Waals surface area contributed by atoms with Gasteiger partial charge >= 0.3 is 5.97 Å². The van der Waals surface area contributed by atoms with E-state index in [0.29, 0.717) is 11.1 Å². The normalized spacial score (nSPS) is 12.1. The summed E-state index contributed by atoms with van der Waals surface area (Å²) < 4.78 is 0. The van der Waals surface area contributed by atoms with Crippen molar-refractivity contribution < 1.29 is 14.7 Å². The fourth-order valence-corrected chi connectivity index (χ4v) is 2.11. The largest absolute Gasteiger partial charge is 0.480 e. The second kappa shape index (κ2) is 5.56. The zero-order valence-corrected chi connectivity index (χ0v) is 10.8. The average Bonchev–Trinajstić information content (AvgIpc) is 2.37. The van der Waals surface area contributed by atoms with E-state index in [9.17, 15) is 14.4 Å². The number of carbonyl (C=O) groups excluding carboxylic acids is 1. The molecule has 2 rings (SSSR count). The van der Waals surface area contributed by atoms with E-state index >= 15 is 0 Å². The van der Waals surface area contributed by atoms with Crippen molar-refractivity contribution in [1.29, 1.82) is 0 Å². The first-order chi connectivity index (χ1) is 9.47. The smallest absolute Gasteiger partial charge is 0.326 e. The van der Waals surface area contributed by atoms with Crippen LogP contribution in [0.2, 0.25) is 0 Å². The van der Waals surface area contributed by atoms with Crippen LogP contribution < -0.4 is 10.9 Å². The van der Waals surface area contributed by atoms with Crippen LogP contribution in [0, 0.1) is 0 Å². The highest BCUT2D eigenvalue weighted by atomic mass is 16.4. The molecular weight excluding hydrogens is 260 g/mol. The molecule has 0 spiro atoms. The molecule has 0 aliphatic rings. The molecule has 1 aromatic heterocycles. The van der Waals surface area contributed by atoms with Gasteiger partial charge in [0.15, 0.2) is 0 Å². The van der Waals surface area contributed by atoms with Crippen LogP contribution >= 0.6 is 0 Å². The van der Waals surface area contributed by atoms with Crippen molar-refractivity contribution in [2.45, 2.75) is 19.4 Å². The highest BCUT2D eigenvalue weighted by molar-refractivity contribution is 5.85. The molecule has 1 atom stereocenters. The van der Waals surface area contributed by atoms with Crippen LogP contribution in [0.25, 0.3) is 10.9 Å². The van der Waals surface area contributed by atoms with Crippen molar-refractivity contribution in [1.82, 2.24) is 10.3 Å². The second-order valence-corrected chi connectivity index (χ2v) is 4.50. The van der Waals surface area contributed by atoms with Crippen molar-refractivity contribution in [3.05, 3.63) is 46.2 Å². The summed E-state index contributed by atoms with van der Waals surface area (Å²) in [5.74, 6) is -1.56. The molecule has 0 radical (unpaired) electrons. The molecule has 0 saturated heterocycles. The third kappa shape index (κ3) is 3.03. The Balaban J connectivity index is 2.44. The van der Waals surface area contributed by atoms with Crippen LogP contribution in [0.1, 0.15) is 12.5 Å². The van der Waals surface area contributed by atoms with Crippen molar-refractivity contribution in [2.24, 2.45) is 0 Å². The number of aromatic nitrogens is 1. The van der Waals surface area contributed by atoms with Gasteiger partial charge in [0.2, 0.25) is 11.5 Å². The van der Waals surface area contributed by atoms with E-state index < -0.39 is 17.9 Å². The topological polar surface area (TPSA) is 99.3 Å². The van der Waals surface area contributed by atoms with E-state index in [-0.39, 0.29) is 12.0 Å². The third-order valence-corrected chi connectivity index (χ3v) is 2.94. The molecule has 20 heavy (non-hydrogen) atoms. The fraction of sp³-hybridized carbons (Fsp3) is 0.214. The van der Waals surface area contributed by atoms with Crippen LogP contribution in [-0.4, -0.2) is 28.0 Å². The zero-order valence-electron chi connectivity index (χ0n) is 10.8. The number of carbonyl (C=O) groups is 2. The van der Waals surface area contributed by atoms with Gasteiger partial charge in [0.05, 0.1) is 0 Å². The first kappa shape index (κ1) is 13.8. The molecule has 2 aromatic rings. The number of benzene rings is 1. The van der Waals surface area contributed by atoms with Gasteiger partial charge in [0.25, 0.3) is 0 Å². The fourth-order valence-electron chi connectivity index (χ4n) is 2.11. The van der Waals surface area contributed by atoms with Gasteiger partial charge in [0, 0.05) is 30.3 Å². The van der Waals surface area contributed by atoms with Gasteiger partial charge in [-0.05, 0) is 11.6 Å². The van der Waals surface area contributed by atoms with Gasteiger partial charge in [-0.2, -0.15) is 0 Å². The third-order valence-electron chi connectivity index (χ3n) is 2.94. The van der Waals surface area contributed by atoms with Gasteiger partial charge in [-0.25, -0.2) is 4.79 Å². The van der Waals surface area contributed by atoms with Crippen LogP contribution in [-0.2, 0) is 16.0 Å². The lowest BCUT2D eigenvalue weighted by Crippen LogP contribution is -2.41. The number of hydrogen-bond donors (Lipinski definition) is 3. The maximum Gasteiger partial charge on any atom is 0.326 e. The summed E-state index contributed by atoms with van der Waals surface area (Å²) in [5.41, 5.74) is 0.929. The number of carboxylic acid groups (broad SMARTS) is 1. The van der Waals surface area contributed by atoms with Gasteiger partial charge in [-0.15, -0.1) is 0 Å². The number of pyridine rings is 1. The lowest BCUT2D eigenvalue weighted by Gasteiger charge is -2.14. The number of rotatable bonds is 4.